The fourth-order valence-electron chi connectivity index (χ4n) is 4.51. The van der Waals surface area contributed by atoms with Gasteiger partial charge in [-0.1, -0.05) is 53.4 Å². The number of fused-ring (bicyclic) bond motifs is 2. The zero-order valence-electron chi connectivity index (χ0n) is 18.9. The highest BCUT2D eigenvalue weighted by atomic mass is 32.2. The van der Waals surface area contributed by atoms with Gasteiger partial charge >= 0.3 is 10.9 Å². The SMILES string of the molecule is COc1ccc(NC(=O)Cn2c3c(sc2=O)C(c2ccccc2)C2C(=O)N(C(N)=O)C(=O)C2S3)cc1. The second-order valence-corrected chi connectivity index (χ2v) is 10.3. The van der Waals surface area contributed by atoms with Crippen LogP contribution in [0.1, 0.15) is 16.4 Å². The molecular formula is C24H20N4O6S2. The van der Waals surface area contributed by atoms with E-state index < -0.39 is 40.8 Å². The molecule has 5 amide bonds. The van der Waals surface area contributed by atoms with Crippen LogP contribution in [0.5, 0.6) is 5.75 Å². The maximum absolute atomic E-state index is 13.1. The molecule has 1 aromatic heterocycles. The van der Waals surface area contributed by atoms with Crippen LogP contribution < -0.4 is 20.7 Å². The molecule has 0 saturated carbocycles. The van der Waals surface area contributed by atoms with E-state index in [1.165, 1.54) is 11.7 Å². The maximum Gasteiger partial charge on any atom is 0.328 e. The van der Waals surface area contributed by atoms with Crippen LogP contribution in [0.2, 0.25) is 0 Å². The second kappa shape index (κ2) is 9.28. The van der Waals surface area contributed by atoms with Crippen molar-refractivity contribution in [3.05, 3.63) is 74.7 Å². The van der Waals surface area contributed by atoms with Crippen LogP contribution in [0, 0.1) is 5.92 Å². The molecule has 36 heavy (non-hydrogen) atoms. The van der Waals surface area contributed by atoms with Crippen LogP contribution in [-0.4, -0.2) is 45.6 Å². The summed E-state index contributed by atoms with van der Waals surface area (Å²) >= 11 is 1.94. The van der Waals surface area contributed by atoms with Gasteiger partial charge in [0.1, 0.15) is 17.5 Å². The minimum absolute atomic E-state index is 0.287. The summed E-state index contributed by atoms with van der Waals surface area (Å²) in [6, 6.07) is 14.6. The highest BCUT2D eigenvalue weighted by Crippen LogP contribution is 2.53. The second-order valence-electron chi connectivity index (χ2n) is 8.20. The van der Waals surface area contributed by atoms with E-state index in [0.717, 1.165) is 28.7 Å². The fraction of sp³-hybridized carbons (Fsp3) is 0.208. The van der Waals surface area contributed by atoms with Crippen LogP contribution in [0.25, 0.3) is 0 Å². The summed E-state index contributed by atoms with van der Waals surface area (Å²) in [6.07, 6.45) is 0. The van der Waals surface area contributed by atoms with Crippen molar-refractivity contribution in [1.82, 2.24) is 9.47 Å². The highest BCUT2D eigenvalue weighted by molar-refractivity contribution is 8.00. The number of urea groups is 1. The summed E-state index contributed by atoms with van der Waals surface area (Å²) < 4.78 is 6.42. The lowest BCUT2D eigenvalue weighted by atomic mass is 9.83. The van der Waals surface area contributed by atoms with Gasteiger partial charge in [-0.2, -0.15) is 4.90 Å². The van der Waals surface area contributed by atoms with Gasteiger partial charge in [-0.05, 0) is 29.8 Å². The van der Waals surface area contributed by atoms with Gasteiger partial charge in [-0.25, -0.2) is 4.79 Å². The summed E-state index contributed by atoms with van der Waals surface area (Å²) in [5.41, 5.74) is 6.58. The van der Waals surface area contributed by atoms with Gasteiger partial charge in [0, 0.05) is 16.5 Å². The molecule has 10 nitrogen and oxygen atoms in total. The monoisotopic (exact) mass is 524 g/mol. The molecule has 1 fully saturated rings. The van der Waals surface area contributed by atoms with Crippen molar-refractivity contribution >= 4 is 52.5 Å². The van der Waals surface area contributed by atoms with Gasteiger partial charge in [0.25, 0.3) is 5.91 Å². The molecule has 0 radical (unpaired) electrons. The summed E-state index contributed by atoms with van der Waals surface area (Å²) in [4.78, 5) is 64.6. The van der Waals surface area contributed by atoms with Crippen molar-refractivity contribution in [3.8, 4) is 5.75 Å². The summed E-state index contributed by atoms with van der Waals surface area (Å²) in [6.45, 7) is -0.287. The molecule has 2 aliphatic rings. The van der Waals surface area contributed by atoms with Crippen molar-refractivity contribution in [3.63, 3.8) is 0 Å². The lowest BCUT2D eigenvalue weighted by Gasteiger charge is -2.30. The number of likely N-dealkylation sites (tertiary alicyclic amines) is 1. The number of imide groups is 3. The van der Waals surface area contributed by atoms with Crippen LogP contribution in [-0.2, 0) is 20.9 Å². The van der Waals surface area contributed by atoms with E-state index in [9.17, 15) is 24.0 Å². The van der Waals surface area contributed by atoms with E-state index in [1.807, 2.05) is 6.07 Å². The number of ether oxygens (including phenoxy) is 1. The molecule has 2 aliphatic heterocycles. The van der Waals surface area contributed by atoms with E-state index in [1.54, 1.807) is 48.5 Å². The first-order valence-electron chi connectivity index (χ1n) is 10.9. The Morgan fingerprint density at radius 2 is 1.72 bits per heavy atom. The van der Waals surface area contributed by atoms with Gasteiger partial charge in [0.15, 0.2) is 0 Å². The fourth-order valence-corrected chi connectivity index (χ4v) is 7.28. The normalized spacial score (nSPS) is 20.6. The molecule has 2 aromatic carbocycles. The number of methoxy groups -OCH3 is 1. The molecule has 5 rings (SSSR count). The van der Waals surface area contributed by atoms with E-state index in [2.05, 4.69) is 5.32 Å². The zero-order valence-corrected chi connectivity index (χ0v) is 20.5. The third-order valence-electron chi connectivity index (χ3n) is 6.10. The predicted molar refractivity (Wildman–Crippen MR) is 133 cm³/mol. The Labute approximate surface area is 213 Å². The minimum Gasteiger partial charge on any atom is -0.497 e. The number of hydrogen-bond donors (Lipinski definition) is 2. The molecule has 3 unspecified atom stereocenters. The Bertz CT molecular complexity index is 1430. The first kappa shape index (κ1) is 23.8. The third kappa shape index (κ3) is 3.97. The quantitative estimate of drug-likeness (QED) is 0.488. The Morgan fingerprint density at radius 1 is 1.03 bits per heavy atom. The smallest absolute Gasteiger partial charge is 0.328 e. The lowest BCUT2D eigenvalue weighted by molar-refractivity contribution is -0.135. The van der Waals surface area contributed by atoms with Crippen LogP contribution in [0.3, 0.4) is 0 Å². The third-order valence-corrected chi connectivity index (χ3v) is 8.71. The number of hydrogen-bond acceptors (Lipinski definition) is 8. The van der Waals surface area contributed by atoms with E-state index >= 15 is 0 Å². The Balaban J connectivity index is 1.52. The molecule has 1 saturated heterocycles. The number of carbonyl (C=O) groups is 4. The van der Waals surface area contributed by atoms with Gasteiger partial charge in [0.05, 0.1) is 18.1 Å². The van der Waals surface area contributed by atoms with Gasteiger partial charge < -0.3 is 15.8 Å². The lowest BCUT2D eigenvalue weighted by Crippen LogP contribution is -2.41. The molecule has 3 atom stereocenters. The van der Waals surface area contributed by atoms with Crippen molar-refractivity contribution in [2.24, 2.45) is 11.7 Å². The molecular weight excluding hydrogens is 504 g/mol. The molecule has 184 valence electrons. The summed E-state index contributed by atoms with van der Waals surface area (Å²) in [5.74, 6) is -2.75. The summed E-state index contributed by atoms with van der Waals surface area (Å²) in [5, 5.41) is 2.22. The number of amides is 5. The van der Waals surface area contributed by atoms with Gasteiger partial charge in [0.2, 0.25) is 11.8 Å². The zero-order chi connectivity index (χ0) is 25.6. The van der Waals surface area contributed by atoms with Gasteiger partial charge in [-0.3, -0.25) is 23.7 Å². The predicted octanol–water partition coefficient (Wildman–Crippen LogP) is 2.23. The Morgan fingerprint density at radius 3 is 2.36 bits per heavy atom. The number of aromatic nitrogens is 1. The van der Waals surface area contributed by atoms with E-state index in [4.69, 9.17) is 10.5 Å². The number of thiazole rings is 1. The van der Waals surface area contributed by atoms with Crippen molar-refractivity contribution in [2.45, 2.75) is 22.7 Å². The van der Waals surface area contributed by atoms with Crippen LogP contribution in [0.4, 0.5) is 10.5 Å². The van der Waals surface area contributed by atoms with Gasteiger partial charge in [-0.15, -0.1) is 0 Å². The van der Waals surface area contributed by atoms with Crippen molar-refractivity contribution < 1.29 is 23.9 Å². The average molecular weight is 525 g/mol. The van der Waals surface area contributed by atoms with E-state index in [0.29, 0.717) is 26.2 Å². The number of benzene rings is 2. The van der Waals surface area contributed by atoms with Crippen LogP contribution in [0.15, 0.2) is 64.4 Å². The number of nitrogens with one attached hydrogen (secondary N) is 1. The van der Waals surface area contributed by atoms with Crippen molar-refractivity contribution in [1.29, 1.82) is 0 Å². The topological polar surface area (TPSA) is 141 Å². The summed E-state index contributed by atoms with van der Waals surface area (Å²) in [7, 11) is 1.54. The average Bonchev–Trinajstić information content (AvgIpc) is 3.31. The number of primary amides is 1. The Kier molecular flexibility index (Phi) is 6.14. The first-order valence-corrected chi connectivity index (χ1v) is 12.6. The van der Waals surface area contributed by atoms with Crippen LogP contribution >= 0.6 is 23.1 Å². The number of anilines is 1. The number of nitrogens with two attached hydrogens (primary N) is 1. The largest absolute Gasteiger partial charge is 0.497 e. The number of thioether (sulfide) groups is 1. The van der Waals surface area contributed by atoms with Crippen molar-refractivity contribution in [2.75, 3.05) is 12.4 Å². The number of rotatable bonds is 5. The molecule has 0 spiro atoms. The number of nitrogens with zero attached hydrogens (tertiary/aromatic N) is 2. The molecule has 3 N–H and O–H groups in total. The molecule has 0 aliphatic carbocycles. The molecule has 3 aromatic rings. The first-order chi connectivity index (χ1) is 17.3. The standard InChI is InChI=1S/C24H20N4O6S2/c1-34-14-9-7-13(8-10-14)26-15(29)11-27-22-19(36-24(27)33)16(12-5-3-2-4-6-12)17-18(35-22)21(31)28(20(17)30)23(25)32/h2-10,16-18H,11H2,1H3,(H2,25,32)(H,26,29). The number of carbonyl (C=O) groups excluding carboxylic acids is 4. The molecule has 0 bridgehead atoms. The van der Waals surface area contributed by atoms with E-state index in [-0.39, 0.29) is 11.4 Å². The maximum atomic E-state index is 13.1. The molecule has 3 heterocycles. The minimum atomic E-state index is -1.13. The highest BCUT2D eigenvalue weighted by Gasteiger charge is 2.57. The molecule has 12 heteroatoms. The Hall–Kier alpha value is -3.90.